The largest absolute Gasteiger partial charge is 0.327 e. The van der Waals surface area contributed by atoms with Crippen LogP contribution in [0.5, 0.6) is 0 Å². The fourth-order valence-corrected chi connectivity index (χ4v) is 1.91. The number of carbonyl (C=O) groups excluding carboxylic acids is 1. The molecule has 4 nitrogen and oxygen atoms in total. The molecule has 1 atom stereocenters. The van der Waals surface area contributed by atoms with Crippen molar-refractivity contribution in [3.8, 4) is 5.69 Å². The molecule has 1 amide bonds. The fraction of sp³-hybridized carbons (Fsp3) is 0.312. The number of hydrogen-bond acceptors (Lipinski definition) is 2. The van der Waals surface area contributed by atoms with Crippen LogP contribution in [0, 0.1) is 5.92 Å². The van der Waals surface area contributed by atoms with Gasteiger partial charge in [0.25, 0.3) is 0 Å². The molecule has 106 valence electrons. The first-order valence-electron chi connectivity index (χ1n) is 6.85. The first-order valence-corrected chi connectivity index (χ1v) is 6.85. The molecule has 1 unspecified atom stereocenters. The van der Waals surface area contributed by atoms with Crippen LogP contribution in [0.4, 0.5) is 5.69 Å². The molecule has 0 saturated heterocycles. The lowest BCUT2D eigenvalue weighted by atomic mass is 10.0. The van der Waals surface area contributed by atoms with E-state index in [0.717, 1.165) is 11.4 Å². The Bertz CT molecular complexity index is 561. The van der Waals surface area contributed by atoms with Crippen molar-refractivity contribution in [1.82, 2.24) is 4.57 Å². The van der Waals surface area contributed by atoms with Crippen molar-refractivity contribution < 1.29 is 4.79 Å². The maximum absolute atomic E-state index is 11.9. The molecule has 0 aliphatic carbocycles. The van der Waals surface area contributed by atoms with Gasteiger partial charge in [0, 0.05) is 36.2 Å². The molecule has 3 N–H and O–H groups in total. The number of nitrogens with zero attached hydrogens (tertiary/aromatic N) is 1. The average Bonchev–Trinajstić information content (AvgIpc) is 2.92. The summed E-state index contributed by atoms with van der Waals surface area (Å²) >= 11 is 0. The van der Waals surface area contributed by atoms with Crippen molar-refractivity contribution in [2.45, 2.75) is 26.3 Å². The van der Waals surface area contributed by atoms with E-state index in [1.165, 1.54) is 0 Å². The molecule has 0 aliphatic heterocycles. The Morgan fingerprint density at radius 3 is 2.60 bits per heavy atom. The molecule has 4 heteroatoms. The third-order valence-corrected chi connectivity index (χ3v) is 3.31. The van der Waals surface area contributed by atoms with Gasteiger partial charge in [-0.2, -0.15) is 0 Å². The summed E-state index contributed by atoms with van der Waals surface area (Å²) in [6.07, 6.45) is 4.27. The molecule has 0 saturated carbocycles. The quantitative estimate of drug-likeness (QED) is 0.878. The molecule has 0 radical (unpaired) electrons. The average molecular weight is 271 g/mol. The molecule has 1 aromatic heterocycles. The number of benzene rings is 1. The number of anilines is 1. The molecule has 0 bridgehead atoms. The van der Waals surface area contributed by atoms with Gasteiger partial charge in [0.2, 0.25) is 5.91 Å². The van der Waals surface area contributed by atoms with E-state index >= 15 is 0 Å². The zero-order chi connectivity index (χ0) is 14.5. The maximum Gasteiger partial charge on any atom is 0.225 e. The second-order valence-electron chi connectivity index (χ2n) is 5.30. The van der Waals surface area contributed by atoms with E-state index in [1.54, 1.807) is 0 Å². The minimum atomic E-state index is -0.109. The van der Waals surface area contributed by atoms with Crippen molar-refractivity contribution in [2.75, 3.05) is 5.32 Å². The van der Waals surface area contributed by atoms with Gasteiger partial charge in [-0.15, -0.1) is 0 Å². The highest BCUT2D eigenvalue weighted by molar-refractivity contribution is 5.91. The molecular weight excluding hydrogens is 250 g/mol. The third-order valence-electron chi connectivity index (χ3n) is 3.31. The van der Waals surface area contributed by atoms with Gasteiger partial charge in [-0.25, -0.2) is 0 Å². The minimum absolute atomic E-state index is 0.0455. The molecule has 2 rings (SSSR count). The van der Waals surface area contributed by atoms with Gasteiger partial charge in [-0.3, -0.25) is 4.79 Å². The number of hydrogen-bond donors (Lipinski definition) is 2. The second-order valence-corrected chi connectivity index (χ2v) is 5.30. The van der Waals surface area contributed by atoms with Crippen LogP contribution in [0.15, 0.2) is 48.8 Å². The van der Waals surface area contributed by atoms with Crippen molar-refractivity contribution in [2.24, 2.45) is 11.7 Å². The molecule has 20 heavy (non-hydrogen) atoms. The van der Waals surface area contributed by atoms with E-state index in [-0.39, 0.29) is 11.9 Å². The molecular formula is C16H21N3O. The lowest BCUT2D eigenvalue weighted by molar-refractivity contribution is -0.116. The van der Waals surface area contributed by atoms with Crippen LogP contribution in [0.1, 0.15) is 20.3 Å². The number of nitrogens with one attached hydrogen (secondary N) is 1. The predicted octanol–water partition coefficient (Wildman–Crippen LogP) is 2.79. The van der Waals surface area contributed by atoms with Crippen LogP contribution in [0.3, 0.4) is 0 Å². The van der Waals surface area contributed by atoms with Gasteiger partial charge >= 0.3 is 0 Å². The zero-order valence-electron chi connectivity index (χ0n) is 11.9. The Balaban J connectivity index is 2.03. The summed E-state index contributed by atoms with van der Waals surface area (Å²) in [5.41, 5.74) is 7.72. The summed E-state index contributed by atoms with van der Waals surface area (Å²) in [5.74, 6) is 0.253. The summed E-state index contributed by atoms with van der Waals surface area (Å²) in [6, 6.07) is 11.6. The number of carbonyl (C=O) groups is 1. The Morgan fingerprint density at radius 2 is 1.95 bits per heavy atom. The summed E-state index contributed by atoms with van der Waals surface area (Å²) in [6.45, 7) is 4.04. The van der Waals surface area contributed by atoms with Crippen LogP contribution in [0.25, 0.3) is 5.69 Å². The van der Waals surface area contributed by atoms with E-state index in [0.29, 0.717) is 12.3 Å². The number of aromatic nitrogens is 1. The minimum Gasteiger partial charge on any atom is -0.327 e. The van der Waals surface area contributed by atoms with E-state index < -0.39 is 0 Å². The molecule has 0 fully saturated rings. The topological polar surface area (TPSA) is 60.1 Å². The summed E-state index contributed by atoms with van der Waals surface area (Å²) in [5, 5.41) is 2.90. The standard InChI is InChI=1S/C16H21N3O/c1-12(2)15(17)11-16(20)18-13-6-5-7-14(10-13)19-8-3-4-9-19/h3-10,12,15H,11,17H2,1-2H3,(H,18,20). The summed E-state index contributed by atoms with van der Waals surface area (Å²) in [4.78, 5) is 11.9. The molecule has 0 spiro atoms. The smallest absolute Gasteiger partial charge is 0.225 e. The molecule has 1 aromatic carbocycles. The van der Waals surface area contributed by atoms with Gasteiger partial charge < -0.3 is 15.6 Å². The number of rotatable bonds is 5. The van der Waals surface area contributed by atoms with Crippen LogP contribution in [-0.4, -0.2) is 16.5 Å². The van der Waals surface area contributed by atoms with Gasteiger partial charge in [0.15, 0.2) is 0 Å². The SMILES string of the molecule is CC(C)C(N)CC(=O)Nc1cccc(-n2cccc2)c1. The van der Waals surface area contributed by atoms with Crippen LogP contribution < -0.4 is 11.1 Å². The van der Waals surface area contributed by atoms with Crippen molar-refractivity contribution >= 4 is 11.6 Å². The normalized spacial score (nSPS) is 12.4. The van der Waals surface area contributed by atoms with Crippen LogP contribution >= 0.6 is 0 Å². The third kappa shape index (κ3) is 3.71. The van der Waals surface area contributed by atoms with Gasteiger partial charge in [-0.1, -0.05) is 19.9 Å². The Morgan fingerprint density at radius 1 is 1.25 bits per heavy atom. The van der Waals surface area contributed by atoms with Crippen molar-refractivity contribution in [1.29, 1.82) is 0 Å². The number of amides is 1. The monoisotopic (exact) mass is 271 g/mol. The molecule has 2 aromatic rings. The lowest BCUT2D eigenvalue weighted by Gasteiger charge is -2.15. The first kappa shape index (κ1) is 14.3. The summed E-state index contributed by atoms with van der Waals surface area (Å²) < 4.78 is 2.00. The van der Waals surface area contributed by atoms with Crippen molar-refractivity contribution in [3.05, 3.63) is 48.8 Å². The van der Waals surface area contributed by atoms with Crippen molar-refractivity contribution in [3.63, 3.8) is 0 Å². The highest BCUT2D eigenvalue weighted by Crippen LogP contribution is 2.15. The second kappa shape index (κ2) is 6.39. The van der Waals surface area contributed by atoms with E-state index in [1.807, 2.05) is 67.2 Å². The van der Waals surface area contributed by atoms with E-state index in [9.17, 15) is 4.79 Å². The Hall–Kier alpha value is -2.07. The zero-order valence-corrected chi connectivity index (χ0v) is 11.9. The Kier molecular flexibility index (Phi) is 4.58. The Labute approximate surface area is 119 Å². The van der Waals surface area contributed by atoms with Gasteiger partial charge in [0.1, 0.15) is 0 Å². The number of nitrogens with two attached hydrogens (primary N) is 1. The van der Waals surface area contributed by atoms with Gasteiger partial charge in [-0.05, 0) is 36.2 Å². The fourth-order valence-electron chi connectivity index (χ4n) is 1.91. The lowest BCUT2D eigenvalue weighted by Crippen LogP contribution is -2.31. The molecule has 1 heterocycles. The maximum atomic E-state index is 11.9. The predicted molar refractivity (Wildman–Crippen MR) is 81.8 cm³/mol. The van der Waals surface area contributed by atoms with E-state index in [4.69, 9.17) is 5.73 Å². The van der Waals surface area contributed by atoms with E-state index in [2.05, 4.69) is 5.32 Å². The highest BCUT2D eigenvalue weighted by Gasteiger charge is 2.13. The summed E-state index contributed by atoms with van der Waals surface area (Å²) in [7, 11) is 0. The van der Waals surface area contributed by atoms with Gasteiger partial charge in [0.05, 0.1) is 0 Å². The first-order chi connectivity index (χ1) is 9.56. The molecule has 0 aliphatic rings. The van der Waals surface area contributed by atoms with Crippen LogP contribution in [-0.2, 0) is 4.79 Å². The van der Waals surface area contributed by atoms with Crippen LogP contribution in [0.2, 0.25) is 0 Å². The highest BCUT2D eigenvalue weighted by atomic mass is 16.1.